The zero-order valence-corrected chi connectivity index (χ0v) is 15.0. The van der Waals surface area contributed by atoms with Crippen LogP contribution in [0, 0.1) is 0 Å². The quantitative estimate of drug-likeness (QED) is 0.923. The molecular weight excluding hydrogens is 328 g/mol. The lowest BCUT2D eigenvalue weighted by molar-refractivity contribution is 0.0614. The molecule has 0 bridgehead atoms. The summed E-state index contributed by atoms with van der Waals surface area (Å²) in [7, 11) is 1.49. The summed E-state index contributed by atoms with van der Waals surface area (Å²) in [4.78, 5) is 17.2. The zero-order chi connectivity index (χ0) is 18.1. The van der Waals surface area contributed by atoms with Crippen LogP contribution in [0.2, 0.25) is 0 Å². The van der Waals surface area contributed by atoms with Crippen LogP contribution >= 0.6 is 0 Å². The lowest BCUT2D eigenvalue weighted by Gasteiger charge is -2.36. The molecule has 4 rings (SSSR count). The molecule has 2 heterocycles. The molecule has 2 aliphatic heterocycles. The van der Waals surface area contributed by atoms with Crippen LogP contribution in [-0.4, -0.2) is 47.1 Å². The minimum atomic E-state index is 0.00598. The Morgan fingerprint density at radius 1 is 1.08 bits per heavy atom. The fourth-order valence-corrected chi connectivity index (χ4v) is 4.05. The van der Waals surface area contributed by atoms with E-state index >= 15 is 0 Å². The van der Waals surface area contributed by atoms with Gasteiger partial charge in [-0.3, -0.25) is 9.69 Å². The fourth-order valence-electron chi connectivity index (χ4n) is 4.05. The van der Waals surface area contributed by atoms with Gasteiger partial charge in [-0.2, -0.15) is 0 Å². The van der Waals surface area contributed by atoms with Crippen LogP contribution in [0.15, 0.2) is 42.5 Å². The second kappa shape index (κ2) is 7.00. The number of rotatable bonds is 3. The number of phenolic OH excluding ortho intramolecular Hbond substituents is 1. The number of aromatic hydroxyl groups is 1. The third-order valence-corrected chi connectivity index (χ3v) is 5.56. The van der Waals surface area contributed by atoms with E-state index in [1.807, 2.05) is 4.90 Å². The first-order chi connectivity index (χ1) is 12.7. The first-order valence-corrected chi connectivity index (χ1v) is 9.13. The highest BCUT2D eigenvalue weighted by atomic mass is 16.5. The highest BCUT2D eigenvalue weighted by Gasteiger charge is 2.30. The molecule has 0 saturated carbocycles. The lowest BCUT2D eigenvalue weighted by atomic mass is 10.0. The van der Waals surface area contributed by atoms with E-state index in [1.54, 1.807) is 12.1 Å². The largest absolute Gasteiger partial charge is 0.504 e. The molecule has 0 aliphatic carbocycles. The van der Waals surface area contributed by atoms with Gasteiger partial charge in [0.05, 0.1) is 7.11 Å². The number of likely N-dealkylation sites (tertiary alicyclic amines) is 1. The van der Waals surface area contributed by atoms with E-state index in [-0.39, 0.29) is 11.7 Å². The molecule has 2 aliphatic rings. The number of hydrogen-bond acceptors (Lipinski definition) is 4. The molecule has 0 spiro atoms. The predicted octanol–water partition coefficient (Wildman–Crippen LogP) is 3.02. The molecule has 136 valence electrons. The number of ether oxygens (including phenoxy) is 1. The minimum absolute atomic E-state index is 0.00598. The van der Waals surface area contributed by atoms with Crippen molar-refractivity contribution in [1.29, 1.82) is 0 Å². The first-order valence-electron chi connectivity index (χ1n) is 9.13. The van der Waals surface area contributed by atoms with Gasteiger partial charge < -0.3 is 14.7 Å². The zero-order valence-electron chi connectivity index (χ0n) is 15.0. The molecule has 1 N–H and O–H groups in total. The van der Waals surface area contributed by atoms with Crippen LogP contribution in [0.1, 0.15) is 34.3 Å². The second-order valence-corrected chi connectivity index (χ2v) is 7.08. The van der Waals surface area contributed by atoms with Gasteiger partial charge >= 0.3 is 0 Å². The molecule has 0 unspecified atom stereocenters. The van der Waals surface area contributed by atoms with E-state index in [2.05, 4.69) is 29.2 Å². The van der Waals surface area contributed by atoms with Crippen molar-refractivity contribution >= 4 is 5.91 Å². The van der Waals surface area contributed by atoms with Gasteiger partial charge in [0.25, 0.3) is 5.91 Å². The van der Waals surface area contributed by atoms with Crippen molar-refractivity contribution in [3.8, 4) is 11.5 Å². The number of nitrogens with zero attached hydrogens (tertiary/aromatic N) is 2. The Kier molecular flexibility index (Phi) is 4.55. The summed E-state index contributed by atoms with van der Waals surface area (Å²) in [6.45, 7) is 3.56. The summed E-state index contributed by atoms with van der Waals surface area (Å²) in [5, 5.41) is 9.70. The number of piperidine rings is 1. The minimum Gasteiger partial charge on any atom is -0.504 e. The highest BCUT2D eigenvalue weighted by molar-refractivity contribution is 5.95. The Morgan fingerprint density at radius 3 is 2.35 bits per heavy atom. The van der Waals surface area contributed by atoms with Crippen LogP contribution in [0.3, 0.4) is 0 Å². The Bertz CT molecular complexity index is 788. The molecule has 1 saturated heterocycles. The average Bonchev–Trinajstić information content (AvgIpc) is 3.12. The molecule has 26 heavy (non-hydrogen) atoms. The number of carbonyl (C=O) groups is 1. The van der Waals surface area contributed by atoms with E-state index in [1.165, 1.54) is 24.3 Å². The summed E-state index contributed by atoms with van der Waals surface area (Å²) in [6, 6.07) is 14.0. The normalized spacial score (nSPS) is 18.0. The third-order valence-electron chi connectivity index (χ3n) is 5.56. The third kappa shape index (κ3) is 3.15. The van der Waals surface area contributed by atoms with Crippen molar-refractivity contribution in [2.24, 2.45) is 0 Å². The fraction of sp³-hybridized carbons (Fsp3) is 0.381. The molecular formula is C21H24N2O3. The van der Waals surface area contributed by atoms with Gasteiger partial charge in [0, 0.05) is 37.8 Å². The van der Waals surface area contributed by atoms with E-state index in [4.69, 9.17) is 4.74 Å². The molecule has 5 heteroatoms. The summed E-state index contributed by atoms with van der Waals surface area (Å²) in [5.41, 5.74) is 3.43. The second-order valence-electron chi connectivity index (χ2n) is 7.08. The highest BCUT2D eigenvalue weighted by Crippen LogP contribution is 2.30. The van der Waals surface area contributed by atoms with Crippen molar-refractivity contribution in [2.45, 2.75) is 32.0 Å². The summed E-state index contributed by atoms with van der Waals surface area (Å²) < 4.78 is 5.11. The maximum Gasteiger partial charge on any atom is 0.253 e. The summed E-state index contributed by atoms with van der Waals surface area (Å²) in [5.74, 6) is 0.392. The maximum absolute atomic E-state index is 12.8. The van der Waals surface area contributed by atoms with Gasteiger partial charge in [-0.15, -0.1) is 0 Å². The Labute approximate surface area is 153 Å². The van der Waals surface area contributed by atoms with Crippen LogP contribution in [0.5, 0.6) is 11.5 Å². The van der Waals surface area contributed by atoms with E-state index in [0.29, 0.717) is 17.4 Å². The van der Waals surface area contributed by atoms with Crippen molar-refractivity contribution in [1.82, 2.24) is 9.80 Å². The number of benzene rings is 2. The van der Waals surface area contributed by atoms with Crippen LogP contribution < -0.4 is 4.74 Å². The monoisotopic (exact) mass is 352 g/mol. The first kappa shape index (κ1) is 16.9. The molecule has 0 radical (unpaired) electrons. The van der Waals surface area contributed by atoms with E-state index in [9.17, 15) is 9.90 Å². The molecule has 2 aromatic rings. The molecule has 5 nitrogen and oxygen atoms in total. The Balaban J connectivity index is 1.37. The average molecular weight is 352 g/mol. The van der Waals surface area contributed by atoms with Gasteiger partial charge in [0.2, 0.25) is 0 Å². The summed E-state index contributed by atoms with van der Waals surface area (Å²) in [6.07, 6.45) is 1.99. The SMILES string of the molecule is COc1cc(C(=O)N2CCC(N3Cc4ccccc4C3)CC2)ccc1O. The molecule has 1 fully saturated rings. The number of methoxy groups -OCH3 is 1. The van der Waals surface area contributed by atoms with Crippen LogP contribution in [0.4, 0.5) is 0 Å². The maximum atomic E-state index is 12.8. The number of phenols is 1. The van der Waals surface area contributed by atoms with Gasteiger partial charge in [-0.25, -0.2) is 0 Å². The van der Waals surface area contributed by atoms with Gasteiger partial charge in [0.1, 0.15) is 0 Å². The lowest BCUT2D eigenvalue weighted by Crippen LogP contribution is -2.45. The molecule has 0 aromatic heterocycles. The molecule has 0 atom stereocenters. The smallest absolute Gasteiger partial charge is 0.253 e. The van der Waals surface area contributed by atoms with E-state index in [0.717, 1.165) is 39.0 Å². The number of fused-ring (bicyclic) bond motifs is 1. The van der Waals surface area contributed by atoms with Crippen molar-refractivity contribution in [3.63, 3.8) is 0 Å². The standard InChI is InChI=1S/C21H24N2O3/c1-26-20-12-15(6-7-19(20)24)21(25)22-10-8-18(9-11-22)23-13-16-4-2-3-5-17(16)14-23/h2-7,12,18,24H,8-11,13-14H2,1H3. The van der Waals surface area contributed by atoms with Gasteiger partial charge in [-0.05, 0) is 42.2 Å². The van der Waals surface area contributed by atoms with Gasteiger partial charge in [0.15, 0.2) is 11.5 Å². The number of carbonyl (C=O) groups excluding carboxylic acids is 1. The Morgan fingerprint density at radius 2 is 1.73 bits per heavy atom. The van der Waals surface area contributed by atoms with Crippen LogP contribution in [0.25, 0.3) is 0 Å². The molecule has 1 amide bonds. The Hall–Kier alpha value is -2.53. The summed E-state index contributed by atoms with van der Waals surface area (Å²) >= 11 is 0. The van der Waals surface area contributed by atoms with Crippen molar-refractivity contribution < 1.29 is 14.6 Å². The predicted molar refractivity (Wildman–Crippen MR) is 99.3 cm³/mol. The number of amides is 1. The van der Waals surface area contributed by atoms with Crippen molar-refractivity contribution in [3.05, 3.63) is 59.2 Å². The van der Waals surface area contributed by atoms with Gasteiger partial charge in [-0.1, -0.05) is 24.3 Å². The molecule has 2 aromatic carbocycles. The van der Waals surface area contributed by atoms with E-state index < -0.39 is 0 Å². The van der Waals surface area contributed by atoms with Crippen molar-refractivity contribution in [2.75, 3.05) is 20.2 Å². The van der Waals surface area contributed by atoms with Crippen LogP contribution in [-0.2, 0) is 13.1 Å². The number of hydrogen-bond donors (Lipinski definition) is 1. The topological polar surface area (TPSA) is 53.0 Å².